The first-order valence-electron chi connectivity index (χ1n) is 3.98. The molecule has 0 aromatic carbocycles. The van der Waals surface area contributed by atoms with Gasteiger partial charge in [0.25, 0.3) is 0 Å². The molecular formula is C7H20N2O. The molecule has 10 heavy (non-hydrogen) atoms. The molecular weight excluding hydrogens is 128 g/mol. The van der Waals surface area contributed by atoms with Crippen molar-refractivity contribution in [1.29, 1.82) is 0 Å². The topological polar surface area (TPSA) is 49.5 Å². The fourth-order valence-electron chi connectivity index (χ4n) is 0.877. The predicted molar refractivity (Wildman–Crippen MR) is 43.6 cm³/mol. The van der Waals surface area contributed by atoms with Gasteiger partial charge >= 0.3 is 0 Å². The number of unbranched alkanes of at least 4 members (excludes halogenated alkanes) is 4. The largest absolute Gasteiger partial charge is 0.299 e. The monoisotopic (exact) mass is 148 g/mol. The summed E-state index contributed by atoms with van der Waals surface area (Å²) in [5.74, 6) is 5.00. The van der Waals surface area contributed by atoms with Crippen molar-refractivity contribution < 1.29 is 6.63 Å². The Balaban J connectivity index is 0. The Morgan fingerprint density at radius 2 is 1.90 bits per heavy atom. The molecule has 0 heterocycles. The third-order valence-electron chi connectivity index (χ3n) is 1.49. The van der Waals surface area contributed by atoms with Crippen LogP contribution in [0.2, 0.25) is 0 Å². The van der Waals surface area contributed by atoms with E-state index in [1.54, 1.807) is 0 Å². The number of nitrogens with two attached hydrogens (primary N) is 1. The summed E-state index contributed by atoms with van der Waals surface area (Å²) in [6.07, 6.45) is 5.96. The lowest BCUT2D eigenvalue weighted by atomic mass is 10.2. The number of rotatable bonds is 6. The van der Waals surface area contributed by atoms with E-state index in [1.807, 2.05) is 0 Å². The van der Waals surface area contributed by atoms with Crippen LogP contribution in [0.3, 0.4) is 0 Å². The molecule has 0 saturated heterocycles. The van der Waals surface area contributed by atoms with Gasteiger partial charge in [0.1, 0.15) is 0 Å². The zero-order valence-electron chi connectivity index (χ0n) is 6.71. The van der Waals surface area contributed by atoms with Crippen molar-refractivity contribution in [2.24, 2.45) is 5.84 Å². The average Bonchev–Trinajstić information content (AvgIpc) is 1.87. The zero-order valence-corrected chi connectivity index (χ0v) is 6.71. The molecule has 0 bridgehead atoms. The van der Waals surface area contributed by atoms with Gasteiger partial charge in [-0.15, -0.1) is 5.17 Å². The van der Waals surface area contributed by atoms with E-state index in [-0.39, 0.29) is 1.43 Å². The molecule has 3 N–H and O–H groups in total. The van der Waals surface area contributed by atoms with Crippen LogP contribution in [0.4, 0.5) is 0 Å². The molecule has 3 nitrogen and oxygen atoms in total. The quantitative estimate of drug-likeness (QED) is 0.343. The van der Waals surface area contributed by atoms with E-state index in [1.165, 1.54) is 25.7 Å². The first-order chi connectivity index (χ1) is 4.77. The highest BCUT2D eigenvalue weighted by atomic mass is 16.5. The average molecular weight is 148 g/mol. The maximum absolute atomic E-state index is 8.52. The molecule has 0 unspecified atom stereocenters. The summed E-state index contributed by atoms with van der Waals surface area (Å²) in [7, 11) is 0. The van der Waals surface area contributed by atoms with Crippen LogP contribution < -0.4 is 5.84 Å². The zero-order chi connectivity index (χ0) is 7.82. The number of hydrazine groups is 1. The van der Waals surface area contributed by atoms with Crippen molar-refractivity contribution in [3.63, 3.8) is 0 Å². The Bertz CT molecular complexity index is 71.5. The van der Waals surface area contributed by atoms with Gasteiger partial charge in [0, 0.05) is 7.97 Å². The second-order valence-corrected chi connectivity index (χ2v) is 2.58. The molecule has 0 aliphatic rings. The van der Waals surface area contributed by atoms with Crippen LogP contribution in [0.15, 0.2) is 0 Å². The van der Waals surface area contributed by atoms with Crippen LogP contribution in [0.5, 0.6) is 0 Å². The Labute approximate surface area is 64.2 Å². The Morgan fingerprint density at radius 3 is 2.40 bits per heavy atom. The van der Waals surface area contributed by atoms with Crippen LogP contribution in [0.25, 0.3) is 0 Å². The van der Waals surface area contributed by atoms with Gasteiger partial charge in [-0.3, -0.25) is 5.21 Å². The van der Waals surface area contributed by atoms with E-state index in [9.17, 15) is 0 Å². The number of hydroxylamine groups is 1. The van der Waals surface area contributed by atoms with Crippen molar-refractivity contribution in [2.45, 2.75) is 39.0 Å². The fraction of sp³-hybridized carbons (Fsp3) is 1.00. The van der Waals surface area contributed by atoms with Crippen molar-refractivity contribution in [3.05, 3.63) is 0 Å². The molecule has 0 fully saturated rings. The van der Waals surface area contributed by atoms with E-state index in [0.717, 1.165) is 11.6 Å². The number of hydrogen-bond donors (Lipinski definition) is 2. The van der Waals surface area contributed by atoms with E-state index in [0.29, 0.717) is 6.54 Å². The van der Waals surface area contributed by atoms with Gasteiger partial charge in [-0.1, -0.05) is 32.6 Å². The summed E-state index contributed by atoms with van der Waals surface area (Å²) >= 11 is 0. The SMILES string of the molecule is CCCCCCCN(N)O.[HH]. The summed E-state index contributed by atoms with van der Waals surface area (Å²) in [4.78, 5) is 0. The molecule has 0 rings (SSSR count). The highest BCUT2D eigenvalue weighted by Gasteiger charge is 1.91. The molecule has 0 saturated carbocycles. The Hall–Kier alpha value is -0.120. The van der Waals surface area contributed by atoms with Crippen LogP contribution in [0, 0.1) is 0 Å². The molecule has 0 aliphatic heterocycles. The smallest absolute Gasteiger partial charge is 0.0396 e. The Kier molecular flexibility index (Phi) is 6.91. The molecule has 0 aliphatic carbocycles. The molecule has 0 atom stereocenters. The second kappa shape index (κ2) is 6.99. The third kappa shape index (κ3) is 7.88. The van der Waals surface area contributed by atoms with E-state index >= 15 is 0 Å². The molecule has 0 aromatic rings. The standard InChI is InChI=1S/C7H18N2O.H2/c1-2-3-4-5-6-7-9(8)10;/h10H,2-8H2,1H3;1H. The molecule has 0 spiro atoms. The van der Waals surface area contributed by atoms with Gasteiger partial charge < -0.3 is 0 Å². The summed E-state index contributed by atoms with van der Waals surface area (Å²) in [5.41, 5.74) is 0. The summed E-state index contributed by atoms with van der Waals surface area (Å²) < 4.78 is 0. The van der Waals surface area contributed by atoms with Crippen LogP contribution in [0.1, 0.15) is 40.5 Å². The third-order valence-corrected chi connectivity index (χ3v) is 1.49. The summed E-state index contributed by atoms with van der Waals surface area (Å²) in [6.45, 7) is 2.77. The first-order valence-corrected chi connectivity index (χ1v) is 3.98. The van der Waals surface area contributed by atoms with Crippen LogP contribution in [-0.2, 0) is 0 Å². The minimum Gasteiger partial charge on any atom is -0.299 e. The summed E-state index contributed by atoms with van der Waals surface area (Å²) in [5, 5.41) is 9.28. The molecule has 64 valence electrons. The number of nitrogens with zero attached hydrogens (tertiary/aromatic N) is 1. The first kappa shape index (κ1) is 9.88. The maximum atomic E-state index is 8.52. The van der Waals surface area contributed by atoms with Crippen molar-refractivity contribution >= 4 is 0 Å². The van der Waals surface area contributed by atoms with Crippen LogP contribution in [-0.4, -0.2) is 16.9 Å². The Morgan fingerprint density at radius 1 is 1.30 bits per heavy atom. The van der Waals surface area contributed by atoms with Crippen molar-refractivity contribution in [1.82, 2.24) is 5.17 Å². The van der Waals surface area contributed by atoms with E-state index in [2.05, 4.69) is 6.92 Å². The van der Waals surface area contributed by atoms with Gasteiger partial charge in [-0.25, -0.2) is 5.84 Å². The minimum atomic E-state index is 0. The predicted octanol–water partition coefficient (Wildman–Crippen LogP) is 1.77. The van der Waals surface area contributed by atoms with Gasteiger partial charge in [-0.2, -0.15) is 0 Å². The van der Waals surface area contributed by atoms with Gasteiger partial charge in [0.05, 0.1) is 0 Å². The maximum Gasteiger partial charge on any atom is 0.0396 e. The molecule has 3 heteroatoms. The molecule has 0 radical (unpaired) electrons. The minimum absolute atomic E-state index is 0. The van der Waals surface area contributed by atoms with Gasteiger partial charge in [0.2, 0.25) is 0 Å². The van der Waals surface area contributed by atoms with Gasteiger partial charge in [0.15, 0.2) is 0 Å². The lowest BCUT2D eigenvalue weighted by Crippen LogP contribution is -2.27. The summed E-state index contributed by atoms with van der Waals surface area (Å²) in [6, 6.07) is 0. The van der Waals surface area contributed by atoms with Crippen molar-refractivity contribution in [3.8, 4) is 0 Å². The second-order valence-electron chi connectivity index (χ2n) is 2.58. The number of hydrogen-bond acceptors (Lipinski definition) is 3. The lowest BCUT2D eigenvalue weighted by molar-refractivity contribution is -0.0938. The lowest BCUT2D eigenvalue weighted by Gasteiger charge is -2.05. The highest BCUT2D eigenvalue weighted by Crippen LogP contribution is 2.01. The van der Waals surface area contributed by atoms with Crippen molar-refractivity contribution in [2.75, 3.05) is 6.54 Å². The normalized spacial score (nSPS) is 10.8. The van der Waals surface area contributed by atoms with E-state index < -0.39 is 0 Å². The molecule has 0 amide bonds. The van der Waals surface area contributed by atoms with E-state index in [4.69, 9.17) is 11.0 Å². The molecule has 0 aromatic heterocycles. The fourth-order valence-corrected chi connectivity index (χ4v) is 0.877. The highest BCUT2D eigenvalue weighted by molar-refractivity contribution is 4.42. The van der Waals surface area contributed by atoms with Crippen LogP contribution >= 0.6 is 0 Å². The van der Waals surface area contributed by atoms with Gasteiger partial charge in [-0.05, 0) is 6.42 Å².